The van der Waals surface area contributed by atoms with Crippen molar-refractivity contribution in [2.75, 3.05) is 12.1 Å². The van der Waals surface area contributed by atoms with Gasteiger partial charge in [0, 0.05) is 17.0 Å². The molecule has 2 N–H and O–H groups in total. The molecule has 7 nitrogen and oxygen atoms in total. The van der Waals surface area contributed by atoms with E-state index in [9.17, 15) is 9.59 Å². The van der Waals surface area contributed by atoms with Crippen LogP contribution in [-0.2, 0) is 0 Å². The molecule has 1 aliphatic heterocycles. The number of anilines is 1. The number of ether oxygens (including phenoxy) is 2. The Balaban J connectivity index is 1.66. The zero-order valence-corrected chi connectivity index (χ0v) is 14.1. The van der Waals surface area contributed by atoms with Crippen LogP contribution in [0.25, 0.3) is 0 Å². The summed E-state index contributed by atoms with van der Waals surface area (Å²) in [5.74, 6) is 0.584. The zero-order valence-electron chi connectivity index (χ0n) is 13.3. The van der Waals surface area contributed by atoms with Crippen LogP contribution in [0.3, 0.4) is 0 Å². The average Bonchev–Trinajstić information content (AvgIpc) is 3.22. The Bertz CT molecular complexity index is 774. The normalized spacial score (nSPS) is 13.4. The molecule has 1 aromatic carbocycles. The molecule has 0 spiro atoms. The van der Waals surface area contributed by atoms with E-state index in [0.29, 0.717) is 27.9 Å². The van der Waals surface area contributed by atoms with Gasteiger partial charge in [-0.3, -0.25) is 14.9 Å². The predicted octanol–water partition coefficient (Wildman–Crippen LogP) is 2.65. The largest absolute Gasteiger partial charge is 0.454 e. The highest BCUT2D eigenvalue weighted by atomic mass is 32.1. The van der Waals surface area contributed by atoms with E-state index in [2.05, 4.69) is 15.6 Å². The van der Waals surface area contributed by atoms with Gasteiger partial charge in [0.15, 0.2) is 16.6 Å². The van der Waals surface area contributed by atoms with Crippen LogP contribution in [-0.4, -0.2) is 29.6 Å². The van der Waals surface area contributed by atoms with Crippen LogP contribution >= 0.6 is 11.3 Å². The number of hydrogen-bond donors (Lipinski definition) is 2. The quantitative estimate of drug-likeness (QED) is 0.868. The number of thiazole rings is 1. The first-order chi connectivity index (χ1) is 11.6. The van der Waals surface area contributed by atoms with E-state index >= 15 is 0 Å². The van der Waals surface area contributed by atoms with Gasteiger partial charge >= 0.3 is 0 Å². The predicted molar refractivity (Wildman–Crippen MR) is 89.9 cm³/mol. The van der Waals surface area contributed by atoms with E-state index in [1.807, 2.05) is 13.8 Å². The zero-order chi connectivity index (χ0) is 17.1. The van der Waals surface area contributed by atoms with Crippen LogP contribution in [0.2, 0.25) is 0 Å². The molecule has 3 rings (SSSR count). The maximum absolute atomic E-state index is 12.3. The highest BCUT2D eigenvalue weighted by Gasteiger charge is 2.18. The first-order valence-corrected chi connectivity index (χ1v) is 8.42. The number of carbonyl (C=O) groups excluding carboxylic acids is 2. The first-order valence-electron chi connectivity index (χ1n) is 7.54. The van der Waals surface area contributed by atoms with E-state index in [1.54, 1.807) is 23.6 Å². The Morgan fingerprint density at radius 2 is 2.08 bits per heavy atom. The van der Waals surface area contributed by atoms with Gasteiger partial charge in [0.1, 0.15) is 5.69 Å². The van der Waals surface area contributed by atoms with Gasteiger partial charge in [0.25, 0.3) is 11.8 Å². The molecule has 0 aliphatic carbocycles. The molecule has 8 heteroatoms. The van der Waals surface area contributed by atoms with Crippen molar-refractivity contribution in [1.29, 1.82) is 0 Å². The van der Waals surface area contributed by atoms with E-state index in [4.69, 9.17) is 9.47 Å². The molecule has 0 fully saturated rings. The molecule has 2 heterocycles. The molecule has 0 bridgehead atoms. The maximum Gasteiger partial charge on any atom is 0.271 e. The van der Waals surface area contributed by atoms with Crippen molar-refractivity contribution < 1.29 is 19.1 Å². The lowest BCUT2D eigenvalue weighted by molar-refractivity contribution is 0.0933. The number of nitrogens with one attached hydrogen (secondary N) is 2. The summed E-state index contributed by atoms with van der Waals surface area (Å²) in [6, 6.07) is 5.02. The average molecular weight is 347 g/mol. The minimum absolute atomic E-state index is 0.0749. The fraction of sp³-hybridized carbons (Fsp3) is 0.312. The van der Waals surface area contributed by atoms with Crippen molar-refractivity contribution in [1.82, 2.24) is 10.3 Å². The summed E-state index contributed by atoms with van der Waals surface area (Å²) in [4.78, 5) is 28.4. The summed E-state index contributed by atoms with van der Waals surface area (Å²) in [6.07, 6.45) is 0.837. The molecule has 0 saturated carbocycles. The number of amides is 2. The summed E-state index contributed by atoms with van der Waals surface area (Å²) >= 11 is 1.20. The highest BCUT2D eigenvalue weighted by Crippen LogP contribution is 2.32. The first kappa shape index (κ1) is 16.3. The van der Waals surface area contributed by atoms with Gasteiger partial charge in [-0.2, -0.15) is 0 Å². The number of benzene rings is 1. The molecule has 1 atom stereocenters. The van der Waals surface area contributed by atoms with Gasteiger partial charge in [0.2, 0.25) is 6.79 Å². The van der Waals surface area contributed by atoms with E-state index in [1.165, 1.54) is 11.3 Å². The van der Waals surface area contributed by atoms with E-state index in [0.717, 1.165) is 6.42 Å². The van der Waals surface area contributed by atoms with Crippen molar-refractivity contribution in [3.63, 3.8) is 0 Å². The number of rotatable bonds is 5. The van der Waals surface area contributed by atoms with E-state index < -0.39 is 0 Å². The van der Waals surface area contributed by atoms with Gasteiger partial charge in [-0.05, 0) is 31.5 Å². The summed E-state index contributed by atoms with van der Waals surface area (Å²) in [7, 11) is 0. The van der Waals surface area contributed by atoms with Crippen molar-refractivity contribution in [3.05, 3.63) is 34.8 Å². The van der Waals surface area contributed by atoms with Crippen LogP contribution in [0.1, 0.15) is 41.1 Å². The molecule has 2 amide bonds. The topological polar surface area (TPSA) is 89.6 Å². The fourth-order valence-corrected chi connectivity index (χ4v) is 2.73. The standard InChI is InChI=1S/C16H17N3O4S/c1-3-9(2)17-15(21)11-7-24-16(18-11)19-14(20)10-4-5-12-13(6-10)23-8-22-12/h4-7,9H,3,8H2,1-2H3,(H,17,21)(H,18,19,20). The molecule has 24 heavy (non-hydrogen) atoms. The molecule has 0 saturated heterocycles. The maximum atomic E-state index is 12.3. The Morgan fingerprint density at radius 3 is 2.88 bits per heavy atom. The summed E-state index contributed by atoms with van der Waals surface area (Å²) in [5.41, 5.74) is 0.723. The van der Waals surface area contributed by atoms with Crippen molar-refractivity contribution in [3.8, 4) is 11.5 Å². The molecule has 0 radical (unpaired) electrons. The summed E-state index contributed by atoms with van der Waals surface area (Å²) < 4.78 is 10.5. The van der Waals surface area contributed by atoms with Gasteiger partial charge in [-0.15, -0.1) is 11.3 Å². The fourth-order valence-electron chi connectivity index (χ4n) is 2.04. The molecular formula is C16H17N3O4S. The van der Waals surface area contributed by atoms with Gasteiger partial charge < -0.3 is 14.8 Å². The third kappa shape index (κ3) is 3.48. The Morgan fingerprint density at radius 1 is 1.29 bits per heavy atom. The molecule has 126 valence electrons. The minimum atomic E-state index is -0.323. The highest BCUT2D eigenvalue weighted by molar-refractivity contribution is 7.14. The lowest BCUT2D eigenvalue weighted by Gasteiger charge is -2.09. The Hall–Kier alpha value is -2.61. The van der Waals surface area contributed by atoms with Crippen LogP contribution in [0.5, 0.6) is 11.5 Å². The monoisotopic (exact) mass is 347 g/mol. The molecule has 1 aromatic heterocycles. The third-order valence-corrected chi connectivity index (χ3v) is 4.34. The SMILES string of the molecule is CCC(C)NC(=O)c1csc(NC(=O)c2ccc3c(c2)OCO3)n1. The lowest BCUT2D eigenvalue weighted by atomic mass is 10.2. The van der Waals surface area contributed by atoms with Crippen molar-refractivity contribution in [2.24, 2.45) is 0 Å². The summed E-state index contributed by atoms with van der Waals surface area (Å²) in [5, 5.41) is 7.50. The molecule has 2 aromatic rings. The second-order valence-electron chi connectivity index (χ2n) is 5.34. The smallest absolute Gasteiger partial charge is 0.271 e. The number of aromatic nitrogens is 1. The Kier molecular flexibility index (Phi) is 4.66. The number of nitrogens with zero attached hydrogens (tertiary/aromatic N) is 1. The lowest BCUT2D eigenvalue weighted by Crippen LogP contribution is -2.32. The molecule has 1 aliphatic rings. The third-order valence-electron chi connectivity index (χ3n) is 3.58. The summed E-state index contributed by atoms with van der Waals surface area (Å²) in [6.45, 7) is 4.07. The van der Waals surface area contributed by atoms with E-state index in [-0.39, 0.29) is 24.6 Å². The van der Waals surface area contributed by atoms with Crippen LogP contribution in [0.15, 0.2) is 23.6 Å². The molecule has 1 unspecified atom stereocenters. The van der Waals surface area contributed by atoms with Crippen molar-refractivity contribution >= 4 is 28.3 Å². The van der Waals surface area contributed by atoms with Crippen LogP contribution in [0.4, 0.5) is 5.13 Å². The number of carbonyl (C=O) groups is 2. The van der Waals surface area contributed by atoms with Gasteiger partial charge in [-0.1, -0.05) is 6.92 Å². The second-order valence-corrected chi connectivity index (χ2v) is 6.20. The van der Waals surface area contributed by atoms with Gasteiger partial charge in [0.05, 0.1) is 0 Å². The number of hydrogen-bond acceptors (Lipinski definition) is 6. The van der Waals surface area contributed by atoms with Crippen molar-refractivity contribution in [2.45, 2.75) is 26.3 Å². The molecular weight excluding hydrogens is 330 g/mol. The second kappa shape index (κ2) is 6.88. The number of fused-ring (bicyclic) bond motifs is 1. The minimum Gasteiger partial charge on any atom is -0.454 e. The van der Waals surface area contributed by atoms with Gasteiger partial charge in [-0.25, -0.2) is 4.98 Å². The Labute approximate surface area is 143 Å². The van der Waals surface area contributed by atoms with Crippen LogP contribution < -0.4 is 20.1 Å². The van der Waals surface area contributed by atoms with Crippen LogP contribution in [0, 0.1) is 0 Å².